The lowest BCUT2D eigenvalue weighted by Crippen LogP contribution is -2.45. The first kappa shape index (κ1) is 30.1. The first-order chi connectivity index (χ1) is 20.8. The average molecular weight is 626 g/mol. The molecular weight excluding hydrogens is 587 g/mol. The Hall–Kier alpha value is -2.98. The fourth-order valence-electron chi connectivity index (χ4n) is 6.73. The molecule has 6 rings (SSSR count). The summed E-state index contributed by atoms with van der Waals surface area (Å²) in [4.78, 5) is 33.0. The van der Waals surface area contributed by atoms with E-state index in [1.807, 2.05) is 18.2 Å². The quantitative estimate of drug-likeness (QED) is 0.283. The number of methoxy groups -OCH3 is 1. The second-order valence-electron chi connectivity index (χ2n) is 12.0. The van der Waals surface area contributed by atoms with Gasteiger partial charge in [-0.15, -0.1) is 0 Å². The molecule has 9 nitrogen and oxygen atoms in total. The standard InChI is InChI=1S/C32H38Cl2N6O3/c1-38-7-5-23-20-40(10-6-29(23)38)32-35-17-27(18-36-32)43-30-12-22(11-28(37-30)24-14-25(33)16-26(34)15-24)19-39-8-3-21(4-9-39)13-31(41)42-2/h11-12,14-18,21,23,29H,3-10,13,19-20H2,1-2H3/t23-,29-/m1/s1. The van der Waals surface area contributed by atoms with Gasteiger partial charge in [-0.2, -0.15) is 0 Å². The van der Waals surface area contributed by atoms with Crippen LogP contribution in [-0.4, -0.2) is 83.6 Å². The molecule has 2 aromatic heterocycles. The van der Waals surface area contributed by atoms with Gasteiger partial charge in [-0.3, -0.25) is 9.69 Å². The van der Waals surface area contributed by atoms with Crippen molar-refractivity contribution in [2.75, 3.05) is 51.8 Å². The van der Waals surface area contributed by atoms with Crippen LogP contribution in [0, 0.1) is 11.8 Å². The Morgan fingerprint density at radius 1 is 0.953 bits per heavy atom. The van der Waals surface area contributed by atoms with Crippen LogP contribution in [0.1, 0.15) is 37.7 Å². The Bertz CT molecular complexity index is 1410. The zero-order valence-electron chi connectivity index (χ0n) is 24.7. The lowest BCUT2D eigenvalue weighted by atomic mass is 9.93. The van der Waals surface area contributed by atoms with Crippen molar-refractivity contribution in [1.29, 1.82) is 0 Å². The summed E-state index contributed by atoms with van der Waals surface area (Å²) in [6.45, 7) is 5.66. The fourth-order valence-corrected chi connectivity index (χ4v) is 7.25. The summed E-state index contributed by atoms with van der Waals surface area (Å²) < 4.78 is 11.1. The molecule has 3 aliphatic heterocycles. The summed E-state index contributed by atoms with van der Waals surface area (Å²) in [5.41, 5.74) is 2.59. The summed E-state index contributed by atoms with van der Waals surface area (Å²) in [5.74, 6) is 2.62. The molecule has 1 aromatic carbocycles. The molecule has 0 unspecified atom stereocenters. The number of nitrogens with zero attached hydrogens (tertiary/aromatic N) is 6. The summed E-state index contributed by atoms with van der Waals surface area (Å²) in [6, 6.07) is 10.1. The van der Waals surface area contributed by atoms with Crippen molar-refractivity contribution in [3.63, 3.8) is 0 Å². The number of pyridine rings is 1. The molecule has 3 saturated heterocycles. The van der Waals surface area contributed by atoms with Crippen molar-refractivity contribution < 1.29 is 14.3 Å². The zero-order valence-corrected chi connectivity index (χ0v) is 26.2. The van der Waals surface area contributed by atoms with E-state index < -0.39 is 0 Å². The largest absolute Gasteiger partial charge is 0.469 e. The number of halogens is 2. The number of benzene rings is 1. The van der Waals surface area contributed by atoms with E-state index in [2.05, 4.69) is 37.8 Å². The van der Waals surface area contributed by atoms with Crippen molar-refractivity contribution >= 4 is 35.1 Å². The minimum absolute atomic E-state index is 0.137. The highest BCUT2D eigenvalue weighted by Gasteiger charge is 2.37. The number of esters is 1. The van der Waals surface area contributed by atoms with Crippen LogP contribution in [0.3, 0.4) is 0 Å². The van der Waals surface area contributed by atoms with Crippen LogP contribution in [0.2, 0.25) is 10.0 Å². The van der Waals surface area contributed by atoms with Gasteiger partial charge in [-0.1, -0.05) is 23.2 Å². The summed E-state index contributed by atoms with van der Waals surface area (Å²) in [5, 5.41) is 1.09. The summed E-state index contributed by atoms with van der Waals surface area (Å²) in [7, 11) is 3.68. The molecule has 11 heteroatoms. The van der Waals surface area contributed by atoms with Crippen molar-refractivity contribution in [2.45, 2.75) is 44.7 Å². The molecule has 2 atom stereocenters. The van der Waals surface area contributed by atoms with E-state index in [0.29, 0.717) is 46.0 Å². The van der Waals surface area contributed by atoms with Gasteiger partial charge in [-0.05, 0) is 94.0 Å². The number of aromatic nitrogens is 3. The minimum Gasteiger partial charge on any atom is -0.469 e. The number of likely N-dealkylation sites (tertiary alicyclic amines) is 2. The van der Waals surface area contributed by atoms with Crippen LogP contribution in [0.25, 0.3) is 11.3 Å². The van der Waals surface area contributed by atoms with E-state index in [1.54, 1.807) is 18.5 Å². The monoisotopic (exact) mass is 624 g/mol. The first-order valence-electron chi connectivity index (χ1n) is 15.0. The highest BCUT2D eigenvalue weighted by atomic mass is 35.5. The molecule has 0 radical (unpaired) electrons. The van der Waals surface area contributed by atoms with Crippen LogP contribution >= 0.6 is 23.2 Å². The number of anilines is 1. The molecule has 0 aliphatic carbocycles. The molecule has 0 bridgehead atoms. The van der Waals surface area contributed by atoms with Crippen LogP contribution in [0.15, 0.2) is 42.7 Å². The highest BCUT2D eigenvalue weighted by molar-refractivity contribution is 6.35. The molecule has 3 aromatic rings. The van der Waals surface area contributed by atoms with E-state index in [-0.39, 0.29) is 5.97 Å². The maximum absolute atomic E-state index is 11.7. The third kappa shape index (κ3) is 7.40. The first-order valence-corrected chi connectivity index (χ1v) is 15.8. The number of carbonyl (C=O) groups excluding carboxylic acids is 1. The lowest BCUT2D eigenvalue weighted by Gasteiger charge is -2.36. The number of fused-ring (bicyclic) bond motifs is 1. The van der Waals surface area contributed by atoms with Gasteiger partial charge in [0.15, 0.2) is 5.75 Å². The highest BCUT2D eigenvalue weighted by Crippen LogP contribution is 2.33. The maximum Gasteiger partial charge on any atom is 0.305 e. The second-order valence-corrected chi connectivity index (χ2v) is 12.9. The fraction of sp³-hybridized carbons (Fsp3) is 0.500. The van der Waals surface area contributed by atoms with Gasteiger partial charge in [0.05, 0.1) is 25.2 Å². The van der Waals surface area contributed by atoms with Gasteiger partial charge in [-0.25, -0.2) is 15.0 Å². The smallest absolute Gasteiger partial charge is 0.305 e. The van der Waals surface area contributed by atoms with Crippen LogP contribution in [0.5, 0.6) is 11.6 Å². The van der Waals surface area contributed by atoms with Gasteiger partial charge >= 0.3 is 5.97 Å². The molecule has 0 N–H and O–H groups in total. The van der Waals surface area contributed by atoms with Crippen LogP contribution in [0.4, 0.5) is 5.95 Å². The van der Waals surface area contributed by atoms with Gasteiger partial charge in [0.25, 0.3) is 0 Å². The van der Waals surface area contributed by atoms with E-state index in [9.17, 15) is 4.79 Å². The number of rotatable bonds is 8. The molecule has 0 amide bonds. The molecule has 5 heterocycles. The van der Waals surface area contributed by atoms with Gasteiger partial charge in [0.1, 0.15) is 0 Å². The van der Waals surface area contributed by atoms with Gasteiger partial charge in [0, 0.05) is 53.8 Å². The third-order valence-corrected chi connectivity index (χ3v) is 9.49. The van der Waals surface area contributed by atoms with Crippen molar-refractivity contribution in [1.82, 2.24) is 24.8 Å². The van der Waals surface area contributed by atoms with E-state index in [4.69, 9.17) is 37.7 Å². The Morgan fingerprint density at radius 3 is 2.42 bits per heavy atom. The van der Waals surface area contributed by atoms with E-state index >= 15 is 0 Å². The normalized spacial score (nSPS) is 21.5. The Morgan fingerprint density at radius 2 is 1.70 bits per heavy atom. The van der Waals surface area contributed by atoms with Gasteiger partial charge < -0.3 is 19.3 Å². The molecule has 3 aliphatic rings. The number of hydrogen-bond donors (Lipinski definition) is 0. The summed E-state index contributed by atoms with van der Waals surface area (Å²) >= 11 is 12.7. The van der Waals surface area contributed by atoms with Crippen molar-refractivity contribution in [3.8, 4) is 22.9 Å². The predicted octanol–water partition coefficient (Wildman–Crippen LogP) is 5.94. The SMILES string of the molecule is COC(=O)CC1CCN(Cc2cc(Oc3cnc(N4CC[C@@H]5[C@H](CCN5C)C4)nc3)nc(-c3cc(Cl)cc(Cl)c3)c2)CC1. The zero-order chi connectivity index (χ0) is 29.9. The molecule has 0 spiro atoms. The molecular formula is C32H38Cl2N6O3. The minimum atomic E-state index is -0.137. The number of carbonyl (C=O) groups is 1. The van der Waals surface area contributed by atoms with Crippen LogP contribution in [-0.2, 0) is 16.1 Å². The van der Waals surface area contributed by atoms with Crippen molar-refractivity contribution in [3.05, 3.63) is 58.3 Å². The van der Waals surface area contributed by atoms with Gasteiger partial charge in [0.2, 0.25) is 11.8 Å². The van der Waals surface area contributed by atoms with E-state index in [1.165, 1.54) is 20.1 Å². The van der Waals surface area contributed by atoms with E-state index in [0.717, 1.165) is 74.8 Å². The lowest BCUT2D eigenvalue weighted by molar-refractivity contribution is -0.142. The number of piperidine rings is 2. The Kier molecular flexibility index (Phi) is 9.33. The molecule has 228 valence electrons. The molecule has 3 fully saturated rings. The average Bonchev–Trinajstić information content (AvgIpc) is 3.37. The third-order valence-electron chi connectivity index (χ3n) is 9.05. The van der Waals surface area contributed by atoms with Crippen molar-refractivity contribution in [2.24, 2.45) is 11.8 Å². The second kappa shape index (κ2) is 13.3. The number of hydrogen-bond acceptors (Lipinski definition) is 9. The Labute approximate surface area is 263 Å². The maximum atomic E-state index is 11.7. The Balaban J connectivity index is 1.17. The predicted molar refractivity (Wildman–Crippen MR) is 168 cm³/mol. The number of ether oxygens (including phenoxy) is 2. The summed E-state index contributed by atoms with van der Waals surface area (Å²) in [6.07, 6.45) is 8.22. The van der Waals surface area contributed by atoms with Crippen LogP contribution < -0.4 is 9.64 Å². The molecule has 0 saturated carbocycles. The molecule has 43 heavy (non-hydrogen) atoms. The topological polar surface area (TPSA) is 83.9 Å².